The average Bonchev–Trinajstić information content (AvgIpc) is 2.87. The van der Waals surface area contributed by atoms with Crippen molar-refractivity contribution in [3.8, 4) is 5.69 Å². The molecule has 102 valence electrons. The fourth-order valence-electron chi connectivity index (χ4n) is 1.54. The van der Waals surface area contributed by atoms with E-state index in [0.29, 0.717) is 0 Å². The first-order valence-electron chi connectivity index (χ1n) is 5.12. The zero-order valence-corrected chi connectivity index (χ0v) is 9.66. The Bertz CT molecular complexity index is 722. The molecule has 0 unspecified atom stereocenters. The highest BCUT2D eigenvalue weighted by molar-refractivity contribution is 5.89. The molecule has 10 heteroatoms. The molecule has 0 saturated heterocycles. The van der Waals surface area contributed by atoms with Crippen molar-refractivity contribution in [1.82, 2.24) is 9.78 Å². The summed E-state index contributed by atoms with van der Waals surface area (Å²) in [5, 5.41) is 33.8. The van der Waals surface area contributed by atoms with Crippen LogP contribution in [0.25, 0.3) is 5.69 Å². The van der Waals surface area contributed by atoms with E-state index in [-0.39, 0.29) is 11.3 Å². The predicted molar refractivity (Wildman–Crippen MR) is 63.8 cm³/mol. The number of carboxylic acid groups (broad SMARTS) is 1. The summed E-state index contributed by atoms with van der Waals surface area (Å²) in [6.45, 7) is 0. The average molecular weight is 278 g/mol. The first-order valence-corrected chi connectivity index (χ1v) is 5.12. The maximum absolute atomic E-state index is 10.9. The van der Waals surface area contributed by atoms with Crippen LogP contribution in [0.2, 0.25) is 0 Å². The number of nitro benzene ring substituents is 1. The number of carboxylic acids is 1. The zero-order chi connectivity index (χ0) is 14.9. The summed E-state index contributed by atoms with van der Waals surface area (Å²) >= 11 is 0. The molecule has 0 atom stereocenters. The van der Waals surface area contributed by atoms with Gasteiger partial charge < -0.3 is 15.2 Å². The minimum Gasteiger partial charge on any atom is -0.478 e. The van der Waals surface area contributed by atoms with Gasteiger partial charge in [0.25, 0.3) is 5.69 Å². The minimum absolute atomic E-state index is 0.0619. The zero-order valence-electron chi connectivity index (χ0n) is 9.66. The molecule has 0 radical (unpaired) electrons. The Morgan fingerprint density at radius 3 is 2.40 bits per heavy atom. The number of hydrogen-bond donors (Lipinski definition) is 1. The largest absolute Gasteiger partial charge is 0.478 e. The fraction of sp³-hybridized carbons (Fsp3) is 0. The lowest BCUT2D eigenvalue weighted by atomic mass is 10.2. The number of nitro groups is 2. The van der Waals surface area contributed by atoms with Crippen molar-refractivity contribution in [2.75, 3.05) is 0 Å². The number of benzene rings is 1. The lowest BCUT2D eigenvalue weighted by molar-refractivity contribution is -0.389. The van der Waals surface area contributed by atoms with Crippen molar-refractivity contribution in [3.05, 3.63) is 56.3 Å². The van der Waals surface area contributed by atoms with Gasteiger partial charge in [0.1, 0.15) is 0 Å². The Kier molecular flexibility index (Phi) is 3.13. The quantitative estimate of drug-likeness (QED) is 0.657. The van der Waals surface area contributed by atoms with E-state index in [1.807, 2.05) is 0 Å². The smallest absolute Gasteiger partial charge is 0.390 e. The maximum Gasteiger partial charge on any atom is 0.390 e. The van der Waals surface area contributed by atoms with Gasteiger partial charge in [-0.05, 0) is 17.1 Å². The second-order valence-corrected chi connectivity index (χ2v) is 3.64. The van der Waals surface area contributed by atoms with Crippen LogP contribution >= 0.6 is 0 Å². The van der Waals surface area contributed by atoms with Crippen molar-refractivity contribution in [2.24, 2.45) is 0 Å². The van der Waals surface area contributed by atoms with Crippen LogP contribution in [-0.4, -0.2) is 30.7 Å². The van der Waals surface area contributed by atoms with Gasteiger partial charge in [-0.3, -0.25) is 10.1 Å². The molecule has 0 aliphatic heterocycles. The van der Waals surface area contributed by atoms with Gasteiger partial charge in [0.15, 0.2) is 5.69 Å². The second kappa shape index (κ2) is 4.76. The standard InChI is InChI=1S/C10H6N4O6/c15-10(16)6-1-2-7(8(5-6)13(17)18)12-4-3-9(11-12)14(19)20/h1-5H,(H,15,16). The molecule has 20 heavy (non-hydrogen) atoms. The van der Waals surface area contributed by atoms with Crippen LogP contribution < -0.4 is 0 Å². The molecule has 0 saturated carbocycles. The molecule has 10 nitrogen and oxygen atoms in total. The van der Waals surface area contributed by atoms with Gasteiger partial charge in [-0.1, -0.05) is 0 Å². The predicted octanol–water partition coefficient (Wildman–Crippen LogP) is 1.39. The van der Waals surface area contributed by atoms with Crippen molar-refractivity contribution in [3.63, 3.8) is 0 Å². The molecular weight excluding hydrogens is 272 g/mol. The number of nitrogens with zero attached hydrogens (tertiary/aromatic N) is 4. The minimum atomic E-state index is -1.31. The van der Waals surface area contributed by atoms with Gasteiger partial charge >= 0.3 is 11.8 Å². The van der Waals surface area contributed by atoms with Gasteiger partial charge in [0.05, 0.1) is 27.8 Å². The summed E-state index contributed by atoms with van der Waals surface area (Å²) in [5.41, 5.74) is -0.835. The van der Waals surface area contributed by atoms with E-state index in [2.05, 4.69) is 5.10 Å². The van der Waals surface area contributed by atoms with Gasteiger partial charge in [0, 0.05) is 6.07 Å². The normalized spacial score (nSPS) is 10.2. The SMILES string of the molecule is O=C(O)c1ccc(-n2ccc([N+](=O)[O-])n2)c([N+](=O)[O-])c1. The van der Waals surface area contributed by atoms with Crippen molar-refractivity contribution in [1.29, 1.82) is 0 Å². The molecule has 0 fully saturated rings. The van der Waals surface area contributed by atoms with E-state index in [9.17, 15) is 25.0 Å². The first-order chi connectivity index (χ1) is 9.40. The highest BCUT2D eigenvalue weighted by atomic mass is 16.6. The van der Waals surface area contributed by atoms with E-state index < -0.39 is 27.3 Å². The molecule has 2 aromatic rings. The number of carbonyl (C=O) groups is 1. The summed E-state index contributed by atoms with van der Waals surface area (Å²) < 4.78 is 0.946. The number of aromatic nitrogens is 2. The molecule has 1 N–H and O–H groups in total. The molecule has 1 heterocycles. The van der Waals surface area contributed by atoms with Crippen LogP contribution in [0.5, 0.6) is 0 Å². The molecule has 0 amide bonds. The number of aromatic carboxylic acids is 1. The third kappa shape index (κ3) is 2.29. The molecule has 0 aliphatic rings. The van der Waals surface area contributed by atoms with Crippen LogP contribution in [0, 0.1) is 20.2 Å². The Morgan fingerprint density at radius 2 is 1.90 bits per heavy atom. The van der Waals surface area contributed by atoms with Crippen LogP contribution in [0.4, 0.5) is 11.5 Å². The lowest BCUT2D eigenvalue weighted by Crippen LogP contribution is -2.04. The summed E-state index contributed by atoms with van der Waals surface area (Å²) in [6.07, 6.45) is 1.18. The highest BCUT2D eigenvalue weighted by Gasteiger charge is 2.22. The molecule has 0 bridgehead atoms. The molecule has 1 aromatic carbocycles. The summed E-state index contributed by atoms with van der Waals surface area (Å²) in [6, 6.07) is 4.26. The summed E-state index contributed by atoms with van der Waals surface area (Å²) in [4.78, 5) is 30.7. The van der Waals surface area contributed by atoms with E-state index in [1.165, 1.54) is 6.20 Å². The third-order valence-corrected chi connectivity index (χ3v) is 2.43. The van der Waals surface area contributed by atoms with Gasteiger partial charge in [0.2, 0.25) is 0 Å². The monoisotopic (exact) mass is 278 g/mol. The van der Waals surface area contributed by atoms with Crippen LogP contribution in [-0.2, 0) is 0 Å². The molecule has 1 aromatic heterocycles. The highest BCUT2D eigenvalue weighted by Crippen LogP contribution is 2.24. The van der Waals surface area contributed by atoms with Crippen molar-refractivity contribution < 1.29 is 19.7 Å². The third-order valence-electron chi connectivity index (χ3n) is 2.43. The summed E-state index contributed by atoms with van der Waals surface area (Å²) in [5.74, 6) is -1.78. The van der Waals surface area contributed by atoms with Crippen LogP contribution in [0.1, 0.15) is 10.4 Å². The Labute approximate surface area is 110 Å². The van der Waals surface area contributed by atoms with E-state index in [0.717, 1.165) is 28.9 Å². The topological polar surface area (TPSA) is 141 Å². The van der Waals surface area contributed by atoms with Gasteiger partial charge in [-0.25, -0.2) is 4.79 Å². The van der Waals surface area contributed by atoms with E-state index in [1.54, 1.807) is 0 Å². The Morgan fingerprint density at radius 1 is 1.20 bits per heavy atom. The molecular formula is C10H6N4O6. The van der Waals surface area contributed by atoms with Gasteiger partial charge in [-0.15, -0.1) is 4.68 Å². The van der Waals surface area contributed by atoms with Crippen molar-refractivity contribution >= 4 is 17.5 Å². The molecule has 2 rings (SSSR count). The summed E-state index contributed by atoms with van der Waals surface area (Å²) in [7, 11) is 0. The fourth-order valence-corrected chi connectivity index (χ4v) is 1.54. The van der Waals surface area contributed by atoms with Crippen LogP contribution in [0.15, 0.2) is 30.5 Å². The van der Waals surface area contributed by atoms with Crippen LogP contribution in [0.3, 0.4) is 0 Å². The maximum atomic E-state index is 10.9. The van der Waals surface area contributed by atoms with Gasteiger partial charge in [-0.2, -0.15) is 0 Å². The van der Waals surface area contributed by atoms with E-state index in [4.69, 9.17) is 5.11 Å². The number of rotatable bonds is 4. The Balaban J connectivity index is 2.57. The first kappa shape index (κ1) is 13.1. The number of hydrogen-bond acceptors (Lipinski definition) is 6. The molecule has 0 spiro atoms. The lowest BCUT2D eigenvalue weighted by Gasteiger charge is -2.01. The van der Waals surface area contributed by atoms with Crippen molar-refractivity contribution in [2.45, 2.75) is 0 Å². The Hall–Kier alpha value is -3.30. The molecule has 0 aliphatic carbocycles. The second-order valence-electron chi connectivity index (χ2n) is 3.64. The van der Waals surface area contributed by atoms with E-state index >= 15 is 0 Å².